The molecule has 15 heteroatoms. The van der Waals surface area contributed by atoms with Crippen molar-refractivity contribution < 1.29 is 34.8 Å². The summed E-state index contributed by atoms with van der Waals surface area (Å²) < 4.78 is 0. The summed E-state index contributed by atoms with van der Waals surface area (Å²) in [7, 11) is 0. The first-order chi connectivity index (χ1) is 22.5. The first-order valence-corrected chi connectivity index (χ1v) is 14.7. The second-order valence-corrected chi connectivity index (χ2v) is 10.3. The highest BCUT2D eigenvalue weighted by Crippen LogP contribution is 2.27. The highest BCUT2D eigenvalue weighted by Gasteiger charge is 2.20. The number of unbranched alkanes of at least 4 members (excludes halogenated alkanes) is 2. The van der Waals surface area contributed by atoms with Gasteiger partial charge in [0.25, 0.3) is 5.91 Å². The minimum atomic E-state index is -1.30. The normalized spacial score (nSPS) is 11.4. The van der Waals surface area contributed by atoms with Gasteiger partial charge in [-0.25, -0.2) is 25.6 Å². The van der Waals surface area contributed by atoms with E-state index in [4.69, 9.17) is 21.3 Å². The second-order valence-electron chi connectivity index (χ2n) is 10.3. The van der Waals surface area contributed by atoms with Crippen LogP contribution in [0.2, 0.25) is 0 Å². The zero-order valence-electron chi connectivity index (χ0n) is 25.8. The maximum Gasteiger partial charge on any atom is 0.339 e. The van der Waals surface area contributed by atoms with Crippen molar-refractivity contribution >= 4 is 40.6 Å². The van der Waals surface area contributed by atoms with Crippen LogP contribution < -0.4 is 10.6 Å². The minimum absolute atomic E-state index is 0.0390. The molecule has 15 nitrogen and oxygen atoms in total. The second kappa shape index (κ2) is 16.8. The zero-order valence-corrected chi connectivity index (χ0v) is 25.8. The molecular weight excluding hydrogens is 608 g/mol. The Balaban J connectivity index is 2.09. The molecule has 0 aliphatic rings. The molecule has 0 bridgehead atoms. The predicted molar refractivity (Wildman–Crippen MR) is 174 cm³/mol. The van der Waals surface area contributed by atoms with E-state index in [0.717, 1.165) is 25.7 Å². The number of anilines is 2. The number of aromatic carboxylic acids is 2. The number of carbonyl (C=O) groups excluding carboxylic acids is 1. The van der Waals surface area contributed by atoms with Gasteiger partial charge in [-0.15, -0.1) is 0 Å². The monoisotopic (exact) mass is 644 g/mol. The molecule has 0 aliphatic heterocycles. The summed E-state index contributed by atoms with van der Waals surface area (Å²) in [6.07, 6.45) is 5.91. The van der Waals surface area contributed by atoms with Gasteiger partial charge in [-0.2, -0.15) is 10.2 Å². The minimum Gasteiger partial charge on any atom is -0.507 e. The number of aromatic hydroxyl groups is 2. The third-order valence-corrected chi connectivity index (χ3v) is 6.90. The largest absolute Gasteiger partial charge is 0.507 e. The molecule has 0 spiro atoms. The fraction of sp³-hybridized carbons (Fsp3) is 0.250. The van der Waals surface area contributed by atoms with E-state index in [0.29, 0.717) is 13.1 Å². The van der Waals surface area contributed by atoms with Gasteiger partial charge in [-0.1, -0.05) is 26.7 Å². The fourth-order valence-corrected chi connectivity index (χ4v) is 4.35. The summed E-state index contributed by atoms with van der Waals surface area (Å²) in [5.41, 5.74) is 15.9. The number of benzene rings is 2. The van der Waals surface area contributed by atoms with Crippen molar-refractivity contribution in [1.82, 2.24) is 9.88 Å². The van der Waals surface area contributed by atoms with Crippen LogP contribution in [0.3, 0.4) is 0 Å². The third-order valence-electron chi connectivity index (χ3n) is 6.90. The molecule has 0 radical (unpaired) electrons. The van der Waals surface area contributed by atoms with Gasteiger partial charge in [-0.05, 0) is 49.2 Å². The Labute approximate surface area is 270 Å². The van der Waals surface area contributed by atoms with Crippen LogP contribution in [0.15, 0.2) is 71.2 Å². The number of nitrogens with zero attached hydrogens (tertiary/aromatic N) is 4. The van der Waals surface area contributed by atoms with E-state index >= 15 is 0 Å². The molecule has 246 valence electrons. The van der Waals surface area contributed by atoms with E-state index in [2.05, 4.69) is 25.8 Å². The molecule has 0 unspecified atom stereocenters. The van der Waals surface area contributed by atoms with Crippen molar-refractivity contribution in [3.8, 4) is 11.5 Å². The summed E-state index contributed by atoms with van der Waals surface area (Å²) >= 11 is 0. The summed E-state index contributed by atoms with van der Waals surface area (Å²) in [6, 6.07) is 10.5. The number of amides is 1. The number of pyridine rings is 1. The molecule has 1 aromatic heterocycles. The molecule has 3 rings (SSSR count). The Hall–Kier alpha value is -6.12. The van der Waals surface area contributed by atoms with Crippen LogP contribution in [-0.2, 0) is 0 Å². The summed E-state index contributed by atoms with van der Waals surface area (Å²) in [4.78, 5) is 42.5. The number of hydrogen-bond donors (Lipinski definition) is 8. The van der Waals surface area contributed by atoms with Crippen molar-refractivity contribution in [1.29, 1.82) is 11.1 Å². The Kier molecular flexibility index (Phi) is 12.6. The smallest absolute Gasteiger partial charge is 0.339 e. The molecule has 0 fully saturated rings. The van der Waals surface area contributed by atoms with Crippen molar-refractivity contribution in [3.05, 3.63) is 89.0 Å². The Bertz CT molecular complexity index is 1610. The highest BCUT2D eigenvalue weighted by molar-refractivity contribution is 5.96. The topological polar surface area (TPSA) is 245 Å². The average Bonchev–Trinajstić information content (AvgIpc) is 3.04. The summed E-state index contributed by atoms with van der Waals surface area (Å²) in [6.45, 7) is 5.09. The van der Waals surface area contributed by atoms with Crippen molar-refractivity contribution in [2.45, 2.75) is 39.5 Å². The molecule has 2 aromatic carbocycles. The number of aromatic nitrogens is 1. The number of phenols is 2. The lowest BCUT2D eigenvalue weighted by atomic mass is 10.1. The summed E-state index contributed by atoms with van der Waals surface area (Å²) in [5, 5.41) is 51.2. The lowest BCUT2D eigenvalue weighted by Gasteiger charge is -2.23. The lowest BCUT2D eigenvalue weighted by Crippen LogP contribution is -2.33. The molecule has 0 atom stereocenters. The highest BCUT2D eigenvalue weighted by atomic mass is 16.4. The van der Waals surface area contributed by atoms with Crippen LogP contribution in [-0.4, -0.2) is 61.2 Å². The van der Waals surface area contributed by atoms with Gasteiger partial charge in [0.1, 0.15) is 34.0 Å². The predicted octanol–water partition coefficient (Wildman–Crippen LogP) is 6.81. The SMILES string of the molecule is CCCCN(CCCC)C(=O)c1cc(/C(=C/Nc2ccc(C(=O)O)c(O)c2)N=N)nc(/C(=C/Nc2ccc(C(=O)O)c(O)c2)N=N)c1. The average molecular weight is 645 g/mol. The van der Waals surface area contributed by atoms with Gasteiger partial charge < -0.3 is 36.0 Å². The van der Waals surface area contributed by atoms with E-state index in [1.165, 1.54) is 60.9 Å². The van der Waals surface area contributed by atoms with Gasteiger partial charge in [0.2, 0.25) is 0 Å². The third kappa shape index (κ3) is 9.43. The molecule has 0 aliphatic carbocycles. The van der Waals surface area contributed by atoms with Gasteiger partial charge in [0.15, 0.2) is 0 Å². The first-order valence-electron chi connectivity index (χ1n) is 14.7. The van der Waals surface area contributed by atoms with E-state index in [-0.39, 0.29) is 56.8 Å². The quantitative estimate of drug-likeness (QED) is 0.0713. The van der Waals surface area contributed by atoms with Crippen LogP contribution >= 0.6 is 0 Å². The van der Waals surface area contributed by atoms with E-state index in [9.17, 15) is 24.6 Å². The van der Waals surface area contributed by atoms with Gasteiger partial charge >= 0.3 is 11.9 Å². The number of carbonyl (C=O) groups is 3. The number of hydrogen-bond acceptors (Lipinski definition) is 12. The Morgan fingerprint density at radius 1 is 0.766 bits per heavy atom. The molecular formula is C32H36N8O7. The fourth-order valence-electron chi connectivity index (χ4n) is 4.35. The zero-order chi connectivity index (χ0) is 34.5. The molecule has 0 saturated heterocycles. The van der Waals surface area contributed by atoms with Crippen molar-refractivity contribution in [2.75, 3.05) is 23.7 Å². The Morgan fingerprint density at radius 2 is 1.19 bits per heavy atom. The maximum atomic E-state index is 13.8. The number of carboxylic acid groups (broad SMARTS) is 2. The van der Waals surface area contributed by atoms with Crippen LogP contribution in [0, 0.1) is 11.1 Å². The molecule has 0 saturated carbocycles. The van der Waals surface area contributed by atoms with Gasteiger partial charge in [0, 0.05) is 54.6 Å². The van der Waals surface area contributed by atoms with Gasteiger partial charge in [-0.3, -0.25) is 4.79 Å². The van der Waals surface area contributed by atoms with Crippen molar-refractivity contribution in [3.63, 3.8) is 0 Å². The number of carboxylic acids is 2. The standard InChI is InChI=1S/C32H36N8O7/c1-3-5-11-40(12-6-4-2)30(43)19-13-24(26(38-33)17-35-20-7-9-22(31(44)45)28(41)15-20)37-25(14-19)27(39-34)18-36-21-8-10-23(32(46)47)29(42)16-21/h7-10,13-18,33-36,41-42H,3-6,11-12H2,1-2H3,(H,44,45)(H,46,47)/b26-17-,27-18-,38-33?,39-34?. The molecule has 8 N–H and O–H groups in total. The van der Waals surface area contributed by atoms with Crippen LogP contribution in [0.25, 0.3) is 11.4 Å². The van der Waals surface area contributed by atoms with E-state index in [1.807, 2.05) is 13.8 Å². The maximum absolute atomic E-state index is 13.8. The van der Waals surface area contributed by atoms with E-state index in [1.54, 1.807) is 4.90 Å². The molecule has 1 amide bonds. The summed E-state index contributed by atoms with van der Waals surface area (Å²) in [5.74, 6) is -3.85. The lowest BCUT2D eigenvalue weighted by molar-refractivity contribution is 0.0682. The number of nitrogens with one attached hydrogen (secondary N) is 4. The van der Waals surface area contributed by atoms with Crippen LogP contribution in [0.1, 0.15) is 82.0 Å². The Morgan fingerprint density at radius 3 is 1.53 bits per heavy atom. The van der Waals surface area contributed by atoms with Crippen molar-refractivity contribution in [2.24, 2.45) is 10.2 Å². The molecule has 3 aromatic rings. The number of rotatable bonds is 17. The molecule has 47 heavy (non-hydrogen) atoms. The van der Waals surface area contributed by atoms with Crippen LogP contribution in [0.4, 0.5) is 11.4 Å². The van der Waals surface area contributed by atoms with Crippen LogP contribution in [0.5, 0.6) is 11.5 Å². The first kappa shape index (κ1) is 35.4. The molecule has 1 heterocycles. The van der Waals surface area contributed by atoms with E-state index < -0.39 is 23.4 Å². The van der Waals surface area contributed by atoms with Gasteiger partial charge in [0.05, 0.1) is 11.4 Å².